The largest absolute Gasteiger partial charge is 0.341 e. The zero-order valence-corrected chi connectivity index (χ0v) is 14.2. The second-order valence-electron chi connectivity index (χ2n) is 5.69. The van der Waals surface area contributed by atoms with Gasteiger partial charge in [0.05, 0.1) is 6.17 Å². The third kappa shape index (κ3) is 10.2. The quantitative estimate of drug-likeness (QED) is 0.403. The number of rotatable bonds is 13. The first kappa shape index (κ1) is 19.4. The number of carbonyl (C=O) groups excluding carboxylic acids is 1. The van der Waals surface area contributed by atoms with Crippen LogP contribution in [0, 0.1) is 0 Å². The molecule has 0 aliphatic carbocycles. The smallest absolute Gasteiger partial charge is 0.221 e. The summed E-state index contributed by atoms with van der Waals surface area (Å²) in [6.45, 7) is 10.5. The fraction of sp³-hybridized carbons (Fsp3) is 0.941. The molecular weight excluding hydrogens is 248 g/mol. The van der Waals surface area contributed by atoms with Crippen LogP contribution in [0.1, 0.15) is 85.5 Å². The number of nitrogens with zero attached hydrogens (tertiary/aromatic N) is 1. The number of nitrogens with one attached hydrogen (secondary N) is 1. The van der Waals surface area contributed by atoms with Crippen molar-refractivity contribution in [3.63, 3.8) is 0 Å². The maximum atomic E-state index is 11.8. The van der Waals surface area contributed by atoms with E-state index >= 15 is 0 Å². The maximum absolute atomic E-state index is 11.8. The predicted molar refractivity (Wildman–Crippen MR) is 87.8 cm³/mol. The summed E-state index contributed by atoms with van der Waals surface area (Å²) in [5.74, 6) is 0.204. The Morgan fingerprint density at radius 3 is 1.90 bits per heavy atom. The number of hydrogen-bond acceptors (Lipinski definition) is 2. The lowest BCUT2D eigenvalue weighted by Crippen LogP contribution is -2.45. The molecule has 1 atom stereocenters. The van der Waals surface area contributed by atoms with Gasteiger partial charge in [-0.1, -0.05) is 65.7 Å². The fourth-order valence-electron chi connectivity index (χ4n) is 2.59. The van der Waals surface area contributed by atoms with Crippen molar-refractivity contribution in [3.8, 4) is 0 Å². The average Bonchev–Trinajstić information content (AvgIpc) is 2.43. The average molecular weight is 284 g/mol. The van der Waals surface area contributed by atoms with Gasteiger partial charge in [-0.3, -0.25) is 9.69 Å². The summed E-state index contributed by atoms with van der Waals surface area (Å²) in [5.41, 5.74) is 0. The molecule has 1 N–H and O–H groups in total. The molecule has 0 radical (unpaired) electrons. The molecule has 1 amide bonds. The molecule has 3 heteroatoms. The van der Waals surface area contributed by atoms with Gasteiger partial charge < -0.3 is 5.32 Å². The molecule has 0 aromatic carbocycles. The van der Waals surface area contributed by atoms with Crippen molar-refractivity contribution in [2.75, 3.05) is 13.1 Å². The summed E-state index contributed by atoms with van der Waals surface area (Å²) in [7, 11) is 0. The Balaban J connectivity index is 3.49. The molecule has 0 aliphatic heterocycles. The third-order valence-corrected chi connectivity index (χ3v) is 3.99. The Hall–Kier alpha value is -0.570. The van der Waals surface area contributed by atoms with E-state index in [0.29, 0.717) is 6.42 Å². The Labute approximate surface area is 126 Å². The van der Waals surface area contributed by atoms with Gasteiger partial charge in [-0.2, -0.15) is 0 Å². The minimum Gasteiger partial charge on any atom is -0.341 e. The summed E-state index contributed by atoms with van der Waals surface area (Å²) >= 11 is 0. The van der Waals surface area contributed by atoms with Crippen molar-refractivity contribution in [1.82, 2.24) is 10.2 Å². The van der Waals surface area contributed by atoms with Gasteiger partial charge in [0.25, 0.3) is 0 Å². The summed E-state index contributed by atoms with van der Waals surface area (Å²) in [5, 5.41) is 3.09. The maximum Gasteiger partial charge on any atom is 0.221 e. The fourth-order valence-corrected chi connectivity index (χ4v) is 2.59. The lowest BCUT2D eigenvalue weighted by Gasteiger charge is -2.27. The first-order valence-electron chi connectivity index (χ1n) is 8.69. The van der Waals surface area contributed by atoms with Crippen molar-refractivity contribution >= 4 is 5.91 Å². The Morgan fingerprint density at radius 2 is 1.40 bits per heavy atom. The number of amides is 1. The molecule has 0 heterocycles. The van der Waals surface area contributed by atoms with Gasteiger partial charge in [0.2, 0.25) is 5.91 Å². The molecule has 1 unspecified atom stereocenters. The molecule has 0 aromatic rings. The van der Waals surface area contributed by atoms with E-state index < -0.39 is 0 Å². The molecule has 20 heavy (non-hydrogen) atoms. The van der Waals surface area contributed by atoms with Crippen LogP contribution in [0.15, 0.2) is 0 Å². The molecule has 120 valence electrons. The minimum absolute atomic E-state index is 0.159. The number of hydrogen-bond donors (Lipinski definition) is 1. The highest BCUT2D eigenvalue weighted by atomic mass is 16.1. The van der Waals surface area contributed by atoms with Crippen molar-refractivity contribution < 1.29 is 4.79 Å². The van der Waals surface area contributed by atoms with Crippen molar-refractivity contribution in [2.45, 2.75) is 91.6 Å². The van der Waals surface area contributed by atoms with E-state index in [1.165, 1.54) is 44.9 Å². The van der Waals surface area contributed by atoms with E-state index in [-0.39, 0.29) is 12.1 Å². The Morgan fingerprint density at radius 1 is 0.900 bits per heavy atom. The number of unbranched alkanes of at least 4 members (excludes halogenated alkanes) is 7. The van der Waals surface area contributed by atoms with Gasteiger partial charge in [-0.05, 0) is 26.4 Å². The van der Waals surface area contributed by atoms with Crippen LogP contribution in [0.25, 0.3) is 0 Å². The van der Waals surface area contributed by atoms with Crippen LogP contribution in [0.2, 0.25) is 0 Å². The highest BCUT2D eigenvalue weighted by molar-refractivity contribution is 5.76. The van der Waals surface area contributed by atoms with Crippen LogP contribution in [-0.2, 0) is 4.79 Å². The van der Waals surface area contributed by atoms with Crippen LogP contribution >= 0.6 is 0 Å². The van der Waals surface area contributed by atoms with Crippen molar-refractivity contribution in [1.29, 1.82) is 0 Å². The monoisotopic (exact) mass is 284 g/mol. The zero-order chi connectivity index (χ0) is 15.2. The van der Waals surface area contributed by atoms with Crippen molar-refractivity contribution in [2.24, 2.45) is 0 Å². The molecule has 3 nitrogen and oxygen atoms in total. The summed E-state index contributed by atoms with van der Waals surface area (Å²) < 4.78 is 0. The van der Waals surface area contributed by atoms with Gasteiger partial charge >= 0.3 is 0 Å². The van der Waals surface area contributed by atoms with E-state index in [1.807, 2.05) is 0 Å². The van der Waals surface area contributed by atoms with Crippen LogP contribution < -0.4 is 5.32 Å². The summed E-state index contributed by atoms with van der Waals surface area (Å²) in [4.78, 5) is 14.1. The second kappa shape index (κ2) is 13.4. The first-order valence-corrected chi connectivity index (χ1v) is 8.69. The van der Waals surface area contributed by atoms with E-state index in [0.717, 1.165) is 19.5 Å². The normalized spacial score (nSPS) is 12.7. The molecule has 0 spiro atoms. The molecule has 0 rings (SSSR count). The van der Waals surface area contributed by atoms with Gasteiger partial charge in [-0.25, -0.2) is 0 Å². The van der Waals surface area contributed by atoms with Gasteiger partial charge in [0, 0.05) is 6.42 Å². The lowest BCUT2D eigenvalue weighted by atomic mass is 10.1. The Bertz CT molecular complexity index is 227. The number of carbonyl (C=O) groups is 1. The van der Waals surface area contributed by atoms with E-state index in [1.54, 1.807) is 0 Å². The topological polar surface area (TPSA) is 32.3 Å². The Kier molecular flexibility index (Phi) is 13.0. The molecule has 0 bridgehead atoms. The van der Waals surface area contributed by atoms with Crippen LogP contribution in [0.4, 0.5) is 0 Å². The van der Waals surface area contributed by atoms with Crippen molar-refractivity contribution in [3.05, 3.63) is 0 Å². The molecule has 0 saturated carbocycles. The third-order valence-electron chi connectivity index (χ3n) is 3.99. The van der Waals surface area contributed by atoms with E-state index in [4.69, 9.17) is 0 Å². The molecule has 0 aliphatic rings. The SMILES string of the molecule is CCCCCCCCCCC(=O)NC(C)N(CC)CC. The molecule has 0 saturated heterocycles. The summed E-state index contributed by atoms with van der Waals surface area (Å²) in [6, 6.07) is 0. The first-order chi connectivity index (χ1) is 9.65. The highest BCUT2D eigenvalue weighted by Crippen LogP contribution is 2.09. The van der Waals surface area contributed by atoms with Crippen LogP contribution in [-0.4, -0.2) is 30.1 Å². The minimum atomic E-state index is 0.159. The summed E-state index contributed by atoms with van der Waals surface area (Å²) in [6.07, 6.45) is 11.1. The van der Waals surface area contributed by atoms with Gasteiger partial charge in [-0.15, -0.1) is 0 Å². The van der Waals surface area contributed by atoms with Gasteiger partial charge in [0.15, 0.2) is 0 Å². The van der Waals surface area contributed by atoms with Crippen LogP contribution in [0.3, 0.4) is 0 Å². The lowest BCUT2D eigenvalue weighted by molar-refractivity contribution is -0.123. The van der Waals surface area contributed by atoms with E-state index in [9.17, 15) is 4.79 Å². The highest BCUT2D eigenvalue weighted by Gasteiger charge is 2.12. The predicted octanol–water partition coefficient (Wildman–Crippen LogP) is 4.32. The molecule has 0 aromatic heterocycles. The van der Waals surface area contributed by atoms with Crippen LogP contribution in [0.5, 0.6) is 0 Å². The van der Waals surface area contributed by atoms with E-state index in [2.05, 4.69) is 37.9 Å². The second-order valence-corrected chi connectivity index (χ2v) is 5.69. The zero-order valence-electron chi connectivity index (χ0n) is 14.2. The van der Waals surface area contributed by atoms with Gasteiger partial charge in [0.1, 0.15) is 0 Å². The molecule has 0 fully saturated rings. The standard InChI is InChI=1S/C17H36N2O/c1-5-8-9-10-11-12-13-14-15-17(20)18-16(4)19(6-2)7-3/h16H,5-15H2,1-4H3,(H,18,20). The molecular formula is C17H36N2O.